The summed E-state index contributed by atoms with van der Waals surface area (Å²) in [6.07, 6.45) is 1.03. The highest BCUT2D eigenvalue weighted by Crippen LogP contribution is 2.19. The lowest BCUT2D eigenvalue weighted by Crippen LogP contribution is -2.07. The van der Waals surface area contributed by atoms with Crippen molar-refractivity contribution in [3.8, 4) is 0 Å². The SMILES string of the molecule is CC(=O)O.CC(C)(C)CCC(=O)O. The van der Waals surface area contributed by atoms with E-state index in [0.29, 0.717) is 0 Å². The van der Waals surface area contributed by atoms with Crippen molar-refractivity contribution in [2.75, 3.05) is 0 Å². The largest absolute Gasteiger partial charge is 0.481 e. The fourth-order valence-electron chi connectivity index (χ4n) is 0.482. The van der Waals surface area contributed by atoms with Crippen LogP contribution in [0.15, 0.2) is 0 Å². The highest BCUT2D eigenvalue weighted by molar-refractivity contribution is 5.66. The number of aliphatic carboxylic acids is 2. The van der Waals surface area contributed by atoms with Crippen LogP contribution in [0.4, 0.5) is 0 Å². The Kier molecular flexibility index (Phi) is 7.18. The molecule has 0 aliphatic carbocycles. The van der Waals surface area contributed by atoms with Crippen LogP contribution in [-0.2, 0) is 9.59 Å². The van der Waals surface area contributed by atoms with E-state index in [0.717, 1.165) is 13.3 Å². The number of rotatable bonds is 2. The van der Waals surface area contributed by atoms with Crippen LogP contribution in [0.2, 0.25) is 0 Å². The van der Waals surface area contributed by atoms with Gasteiger partial charge in [-0.1, -0.05) is 20.8 Å². The van der Waals surface area contributed by atoms with Gasteiger partial charge in [0.25, 0.3) is 5.97 Å². The van der Waals surface area contributed by atoms with Crippen LogP contribution in [0, 0.1) is 5.41 Å². The van der Waals surface area contributed by atoms with Gasteiger partial charge in [-0.05, 0) is 11.8 Å². The first kappa shape index (κ1) is 14.5. The zero-order chi connectivity index (χ0) is 11.1. The average molecular weight is 190 g/mol. The Morgan fingerprint density at radius 1 is 1.15 bits per heavy atom. The summed E-state index contributed by atoms with van der Waals surface area (Å²) in [5.41, 5.74) is 0.151. The summed E-state index contributed by atoms with van der Waals surface area (Å²) in [5, 5.41) is 15.7. The van der Waals surface area contributed by atoms with E-state index < -0.39 is 11.9 Å². The summed E-state index contributed by atoms with van der Waals surface area (Å²) in [6, 6.07) is 0. The van der Waals surface area contributed by atoms with E-state index >= 15 is 0 Å². The van der Waals surface area contributed by atoms with Gasteiger partial charge in [0.05, 0.1) is 0 Å². The molecule has 0 aliphatic rings. The van der Waals surface area contributed by atoms with Gasteiger partial charge in [-0.3, -0.25) is 9.59 Å². The van der Waals surface area contributed by atoms with Crippen LogP contribution in [0.5, 0.6) is 0 Å². The lowest BCUT2D eigenvalue weighted by Gasteiger charge is -2.15. The Morgan fingerprint density at radius 2 is 1.46 bits per heavy atom. The molecule has 0 unspecified atom stereocenters. The minimum atomic E-state index is -0.833. The summed E-state index contributed by atoms with van der Waals surface area (Å²) < 4.78 is 0. The first-order valence-electron chi connectivity index (χ1n) is 4.06. The number of carboxylic acid groups (broad SMARTS) is 2. The average Bonchev–Trinajstić information content (AvgIpc) is 1.80. The molecule has 0 heterocycles. The third-order valence-corrected chi connectivity index (χ3v) is 1.09. The highest BCUT2D eigenvalue weighted by Gasteiger charge is 2.11. The molecule has 4 nitrogen and oxygen atoms in total. The van der Waals surface area contributed by atoms with Crippen molar-refractivity contribution in [2.24, 2.45) is 5.41 Å². The second kappa shape index (κ2) is 6.46. The number of hydrogen-bond donors (Lipinski definition) is 2. The second-order valence-electron chi connectivity index (χ2n) is 3.97. The number of carbonyl (C=O) groups is 2. The topological polar surface area (TPSA) is 74.6 Å². The molecule has 0 radical (unpaired) electrons. The van der Waals surface area contributed by atoms with Gasteiger partial charge < -0.3 is 10.2 Å². The molecular weight excluding hydrogens is 172 g/mol. The Balaban J connectivity index is 0. The predicted octanol–water partition coefficient (Wildman–Crippen LogP) is 1.99. The normalized spacial score (nSPS) is 9.85. The van der Waals surface area contributed by atoms with Crippen molar-refractivity contribution in [3.05, 3.63) is 0 Å². The minimum Gasteiger partial charge on any atom is -0.481 e. The van der Waals surface area contributed by atoms with Gasteiger partial charge in [-0.15, -0.1) is 0 Å². The molecule has 0 aromatic heterocycles. The van der Waals surface area contributed by atoms with E-state index in [1.165, 1.54) is 0 Å². The van der Waals surface area contributed by atoms with Crippen LogP contribution in [0.25, 0.3) is 0 Å². The van der Waals surface area contributed by atoms with Crippen LogP contribution in [-0.4, -0.2) is 22.2 Å². The zero-order valence-corrected chi connectivity index (χ0v) is 8.63. The summed E-state index contributed by atoms with van der Waals surface area (Å²) in [5.74, 6) is -1.54. The molecular formula is C9H18O4. The zero-order valence-electron chi connectivity index (χ0n) is 8.63. The van der Waals surface area contributed by atoms with E-state index in [-0.39, 0.29) is 11.8 Å². The molecule has 0 bridgehead atoms. The van der Waals surface area contributed by atoms with Gasteiger partial charge >= 0.3 is 5.97 Å². The summed E-state index contributed by atoms with van der Waals surface area (Å²) in [6.45, 7) is 7.20. The van der Waals surface area contributed by atoms with Gasteiger partial charge in [-0.25, -0.2) is 0 Å². The van der Waals surface area contributed by atoms with Crippen molar-refractivity contribution in [1.29, 1.82) is 0 Å². The Morgan fingerprint density at radius 3 is 1.54 bits per heavy atom. The van der Waals surface area contributed by atoms with E-state index in [4.69, 9.17) is 15.0 Å². The molecule has 2 N–H and O–H groups in total. The van der Waals surface area contributed by atoms with E-state index in [9.17, 15) is 4.79 Å². The predicted molar refractivity (Wildman–Crippen MR) is 49.6 cm³/mol. The molecule has 0 rings (SSSR count). The maximum absolute atomic E-state index is 10.0. The van der Waals surface area contributed by atoms with Crippen LogP contribution < -0.4 is 0 Å². The molecule has 0 saturated carbocycles. The Labute approximate surface area is 78.6 Å². The molecule has 0 fully saturated rings. The second-order valence-corrected chi connectivity index (χ2v) is 3.97. The maximum Gasteiger partial charge on any atom is 0.303 e. The Hall–Kier alpha value is -1.06. The molecule has 0 atom stereocenters. The summed E-state index contributed by atoms with van der Waals surface area (Å²) in [7, 11) is 0. The monoisotopic (exact) mass is 190 g/mol. The summed E-state index contributed by atoms with van der Waals surface area (Å²) in [4.78, 5) is 19.0. The lowest BCUT2D eigenvalue weighted by molar-refractivity contribution is -0.137. The molecule has 0 spiro atoms. The first-order valence-corrected chi connectivity index (χ1v) is 4.06. The van der Waals surface area contributed by atoms with Crippen molar-refractivity contribution in [2.45, 2.75) is 40.5 Å². The fourth-order valence-corrected chi connectivity index (χ4v) is 0.482. The van der Waals surface area contributed by atoms with Gasteiger partial charge in [0.1, 0.15) is 0 Å². The van der Waals surface area contributed by atoms with Crippen molar-refractivity contribution >= 4 is 11.9 Å². The van der Waals surface area contributed by atoms with Crippen molar-refractivity contribution in [1.82, 2.24) is 0 Å². The third kappa shape index (κ3) is 35.8. The molecule has 0 aromatic carbocycles. The molecule has 0 aliphatic heterocycles. The maximum atomic E-state index is 10.0. The highest BCUT2D eigenvalue weighted by atomic mass is 16.4. The van der Waals surface area contributed by atoms with Gasteiger partial charge in [0.15, 0.2) is 0 Å². The standard InChI is InChI=1S/C7H14O2.C2H4O2/c1-7(2,3)5-4-6(8)9;1-2(3)4/h4-5H2,1-3H3,(H,8,9);1H3,(H,3,4). The smallest absolute Gasteiger partial charge is 0.303 e. The molecule has 4 heteroatoms. The van der Waals surface area contributed by atoms with Crippen molar-refractivity contribution < 1.29 is 19.8 Å². The minimum absolute atomic E-state index is 0.151. The van der Waals surface area contributed by atoms with Crippen LogP contribution >= 0.6 is 0 Å². The lowest BCUT2D eigenvalue weighted by atomic mass is 9.91. The van der Waals surface area contributed by atoms with E-state index in [2.05, 4.69) is 0 Å². The molecule has 0 aromatic rings. The van der Waals surface area contributed by atoms with Crippen LogP contribution in [0.1, 0.15) is 40.5 Å². The number of hydrogen-bond acceptors (Lipinski definition) is 2. The van der Waals surface area contributed by atoms with Crippen LogP contribution in [0.3, 0.4) is 0 Å². The number of carboxylic acids is 2. The first-order chi connectivity index (χ1) is 5.65. The molecule has 0 saturated heterocycles. The Bertz CT molecular complexity index is 163. The summed E-state index contributed by atoms with van der Waals surface area (Å²) >= 11 is 0. The third-order valence-electron chi connectivity index (χ3n) is 1.09. The molecule has 13 heavy (non-hydrogen) atoms. The molecule has 78 valence electrons. The van der Waals surface area contributed by atoms with E-state index in [1.54, 1.807) is 0 Å². The fraction of sp³-hybridized carbons (Fsp3) is 0.778. The quantitative estimate of drug-likeness (QED) is 0.698. The van der Waals surface area contributed by atoms with Gasteiger partial charge in [0, 0.05) is 13.3 Å². The van der Waals surface area contributed by atoms with Gasteiger partial charge in [0.2, 0.25) is 0 Å². The van der Waals surface area contributed by atoms with E-state index in [1.807, 2.05) is 20.8 Å². The van der Waals surface area contributed by atoms with Gasteiger partial charge in [-0.2, -0.15) is 0 Å². The molecule has 0 amide bonds. The van der Waals surface area contributed by atoms with Crippen molar-refractivity contribution in [3.63, 3.8) is 0 Å².